The summed E-state index contributed by atoms with van der Waals surface area (Å²) in [4.78, 5) is 21.7. The molecule has 78 valence electrons. The Balaban J connectivity index is 2.87. The van der Waals surface area contributed by atoms with Crippen LogP contribution in [0.2, 0.25) is 0 Å². The van der Waals surface area contributed by atoms with Crippen LogP contribution in [-0.4, -0.2) is 24.2 Å². The summed E-state index contributed by atoms with van der Waals surface area (Å²) >= 11 is 0. The lowest BCUT2D eigenvalue weighted by Gasteiger charge is -1.99. The zero-order valence-corrected chi connectivity index (χ0v) is 7.92. The molecule has 0 radical (unpaired) electrons. The number of hydrogen-bond acceptors (Lipinski definition) is 4. The highest BCUT2D eigenvalue weighted by Gasteiger charge is 2.08. The second kappa shape index (κ2) is 5.72. The lowest BCUT2D eigenvalue weighted by molar-refractivity contribution is -0.147. The van der Waals surface area contributed by atoms with Crippen LogP contribution in [0.25, 0.3) is 6.08 Å². The lowest BCUT2D eigenvalue weighted by atomic mass is 10.1. The second-order valence-electron chi connectivity index (χ2n) is 2.69. The van der Waals surface area contributed by atoms with Crippen molar-refractivity contribution in [3.63, 3.8) is 0 Å². The van der Waals surface area contributed by atoms with Gasteiger partial charge in [0.1, 0.15) is 5.57 Å². The molecule has 0 unspecified atom stereocenters. The van der Waals surface area contributed by atoms with E-state index in [1.54, 1.807) is 24.3 Å². The number of esters is 1. The molecule has 15 heavy (non-hydrogen) atoms. The Labute approximate surface area is 86.8 Å². The van der Waals surface area contributed by atoms with Gasteiger partial charge in [-0.2, -0.15) is 0 Å². The number of carbonyl (C=O) groups is 2. The third kappa shape index (κ3) is 3.36. The van der Waals surface area contributed by atoms with Gasteiger partial charge in [0.25, 0.3) is 0 Å². The number of ether oxygens (including phenoxy) is 1. The average molecular weight is 206 g/mol. The molecule has 0 saturated carbocycles. The zero-order valence-electron chi connectivity index (χ0n) is 7.92. The zero-order chi connectivity index (χ0) is 11.1. The van der Waals surface area contributed by atoms with Crippen molar-refractivity contribution in [3.05, 3.63) is 41.5 Å². The molecule has 0 spiro atoms. The van der Waals surface area contributed by atoms with Crippen LogP contribution >= 0.6 is 0 Å². The first-order valence-corrected chi connectivity index (χ1v) is 4.28. The van der Waals surface area contributed by atoms with Crippen molar-refractivity contribution in [1.82, 2.24) is 0 Å². The molecule has 1 aromatic rings. The molecular formula is C11H10O4. The number of rotatable bonds is 4. The van der Waals surface area contributed by atoms with E-state index >= 15 is 0 Å². The minimum absolute atomic E-state index is 0.129. The third-order valence-corrected chi connectivity index (χ3v) is 1.68. The van der Waals surface area contributed by atoms with Gasteiger partial charge in [-0.1, -0.05) is 30.3 Å². The van der Waals surface area contributed by atoms with Gasteiger partial charge in [-0.3, -0.25) is 4.79 Å². The van der Waals surface area contributed by atoms with Gasteiger partial charge in [0.05, 0.1) is 0 Å². The van der Waals surface area contributed by atoms with Gasteiger partial charge in [0.15, 0.2) is 13.1 Å². The summed E-state index contributed by atoms with van der Waals surface area (Å²) in [5.74, 6) is -0.837. The Kier molecular flexibility index (Phi) is 4.25. The summed E-state index contributed by atoms with van der Waals surface area (Å²) in [6, 6.07) is 8.88. The standard InChI is InChI=1S/C11H10O4/c12-7-10(11(14)15-8-13)6-9-4-2-1-3-5-9/h1-7,13H,8H2. The van der Waals surface area contributed by atoms with Crippen molar-refractivity contribution < 1.29 is 19.4 Å². The maximum absolute atomic E-state index is 11.1. The largest absolute Gasteiger partial charge is 0.435 e. The number of carbonyl (C=O) groups excluding carboxylic acids is 2. The smallest absolute Gasteiger partial charge is 0.343 e. The number of aliphatic hydroxyl groups excluding tert-OH is 1. The number of aldehydes is 1. The molecule has 1 N–H and O–H groups in total. The lowest BCUT2D eigenvalue weighted by Crippen LogP contribution is -2.09. The SMILES string of the molecule is O=CC(=Cc1ccccc1)C(=O)OCO. The van der Waals surface area contributed by atoms with Gasteiger partial charge in [-0.05, 0) is 11.6 Å². The molecule has 0 fully saturated rings. The molecular weight excluding hydrogens is 196 g/mol. The van der Waals surface area contributed by atoms with E-state index in [0.29, 0.717) is 6.29 Å². The maximum Gasteiger partial charge on any atom is 0.343 e. The van der Waals surface area contributed by atoms with Crippen LogP contribution in [0, 0.1) is 0 Å². The van der Waals surface area contributed by atoms with Crippen LogP contribution in [0.4, 0.5) is 0 Å². The van der Waals surface area contributed by atoms with Crippen LogP contribution in [0.5, 0.6) is 0 Å². The summed E-state index contributed by atoms with van der Waals surface area (Å²) in [6.45, 7) is -0.737. The molecule has 0 aliphatic rings. The number of aliphatic hydroxyl groups is 1. The van der Waals surface area contributed by atoms with Gasteiger partial charge in [0.2, 0.25) is 0 Å². The molecule has 0 bridgehead atoms. The van der Waals surface area contributed by atoms with E-state index < -0.39 is 12.8 Å². The molecule has 0 heterocycles. The molecule has 1 aromatic carbocycles. The van der Waals surface area contributed by atoms with Gasteiger partial charge < -0.3 is 9.84 Å². The average Bonchev–Trinajstić information content (AvgIpc) is 2.27. The summed E-state index contributed by atoms with van der Waals surface area (Å²) in [5.41, 5.74) is 0.588. The highest BCUT2D eigenvalue weighted by molar-refractivity contribution is 6.11. The van der Waals surface area contributed by atoms with Crippen molar-refractivity contribution in [2.24, 2.45) is 0 Å². The highest BCUT2D eigenvalue weighted by atomic mass is 16.6. The van der Waals surface area contributed by atoms with E-state index in [4.69, 9.17) is 5.11 Å². The van der Waals surface area contributed by atoms with Crippen molar-refractivity contribution in [2.45, 2.75) is 0 Å². The maximum atomic E-state index is 11.1. The van der Waals surface area contributed by atoms with Crippen molar-refractivity contribution in [2.75, 3.05) is 6.79 Å². The first-order valence-electron chi connectivity index (χ1n) is 4.28. The molecule has 4 heteroatoms. The Hall–Kier alpha value is -1.94. The minimum Gasteiger partial charge on any atom is -0.435 e. The Morgan fingerprint density at radius 2 is 2.00 bits per heavy atom. The van der Waals surface area contributed by atoms with Gasteiger partial charge in [0, 0.05) is 0 Å². The summed E-state index contributed by atoms with van der Waals surface area (Å²) in [7, 11) is 0. The van der Waals surface area contributed by atoms with E-state index in [0.717, 1.165) is 5.56 Å². The Bertz CT molecular complexity index is 367. The monoisotopic (exact) mass is 206 g/mol. The van der Waals surface area contributed by atoms with E-state index in [9.17, 15) is 9.59 Å². The predicted molar refractivity (Wildman–Crippen MR) is 53.7 cm³/mol. The Morgan fingerprint density at radius 1 is 1.33 bits per heavy atom. The normalized spacial score (nSPS) is 10.9. The summed E-state index contributed by atoms with van der Waals surface area (Å²) < 4.78 is 4.28. The molecule has 0 aromatic heterocycles. The van der Waals surface area contributed by atoms with E-state index in [1.807, 2.05) is 6.07 Å². The fraction of sp³-hybridized carbons (Fsp3) is 0.0909. The fourth-order valence-electron chi connectivity index (χ4n) is 1.01. The number of benzene rings is 1. The van der Waals surface area contributed by atoms with Gasteiger partial charge >= 0.3 is 5.97 Å². The first kappa shape index (κ1) is 11.1. The quantitative estimate of drug-likeness (QED) is 0.197. The van der Waals surface area contributed by atoms with Crippen LogP contribution in [0.15, 0.2) is 35.9 Å². The first-order chi connectivity index (χ1) is 7.27. The third-order valence-electron chi connectivity index (χ3n) is 1.68. The van der Waals surface area contributed by atoms with Crippen molar-refractivity contribution in [3.8, 4) is 0 Å². The minimum atomic E-state index is -0.837. The van der Waals surface area contributed by atoms with Crippen LogP contribution in [0.1, 0.15) is 5.56 Å². The summed E-state index contributed by atoms with van der Waals surface area (Å²) in [5, 5.41) is 8.36. The molecule has 0 aliphatic carbocycles. The van der Waals surface area contributed by atoms with Crippen LogP contribution in [0.3, 0.4) is 0 Å². The predicted octanol–water partition coefficient (Wildman–Crippen LogP) is 0.762. The molecule has 0 amide bonds. The van der Waals surface area contributed by atoms with Crippen LogP contribution in [-0.2, 0) is 14.3 Å². The fourth-order valence-corrected chi connectivity index (χ4v) is 1.01. The molecule has 0 saturated heterocycles. The summed E-state index contributed by atoms with van der Waals surface area (Å²) in [6.07, 6.45) is 1.79. The topological polar surface area (TPSA) is 63.6 Å². The molecule has 0 atom stereocenters. The van der Waals surface area contributed by atoms with Gasteiger partial charge in [-0.15, -0.1) is 0 Å². The van der Waals surface area contributed by atoms with E-state index in [1.165, 1.54) is 6.08 Å². The van der Waals surface area contributed by atoms with E-state index in [-0.39, 0.29) is 5.57 Å². The van der Waals surface area contributed by atoms with E-state index in [2.05, 4.69) is 4.74 Å². The van der Waals surface area contributed by atoms with Crippen LogP contribution < -0.4 is 0 Å². The van der Waals surface area contributed by atoms with Crippen molar-refractivity contribution in [1.29, 1.82) is 0 Å². The molecule has 0 aliphatic heterocycles. The van der Waals surface area contributed by atoms with Crippen molar-refractivity contribution >= 4 is 18.3 Å². The molecule has 4 nitrogen and oxygen atoms in total. The number of hydrogen-bond donors (Lipinski definition) is 1. The highest BCUT2D eigenvalue weighted by Crippen LogP contribution is 2.06. The second-order valence-corrected chi connectivity index (χ2v) is 2.69. The Morgan fingerprint density at radius 3 is 2.53 bits per heavy atom. The van der Waals surface area contributed by atoms with Gasteiger partial charge in [-0.25, -0.2) is 4.79 Å². The molecule has 1 rings (SSSR count).